The van der Waals surface area contributed by atoms with Crippen molar-refractivity contribution in [1.29, 1.82) is 0 Å². The SMILES string of the molecule is CSc1nc2cc(O)cc(C)n2n1. The highest BCUT2D eigenvalue weighted by molar-refractivity contribution is 7.98. The highest BCUT2D eigenvalue weighted by Crippen LogP contribution is 2.17. The van der Waals surface area contributed by atoms with E-state index in [-0.39, 0.29) is 5.75 Å². The normalized spacial score (nSPS) is 10.9. The number of nitrogens with zero attached hydrogens (tertiary/aromatic N) is 3. The number of pyridine rings is 1. The zero-order valence-electron chi connectivity index (χ0n) is 7.35. The summed E-state index contributed by atoms with van der Waals surface area (Å²) in [5.74, 6) is 0.227. The van der Waals surface area contributed by atoms with E-state index in [9.17, 15) is 5.11 Å². The van der Waals surface area contributed by atoms with Gasteiger partial charge < -0.3 is 5.11 Å². The summed E-state index contributed by atoms with van der Waals surface area (Å²) in [7, 11) is 0. The fourth-order valence-corrected chi connectivity index (χ4v) is 1.54. The summed E-state index contributed by atoms with van der Waals surface area (Å²) < 4.78 is 1.71. The number of aromatic nitrogens is 3. The molecule has 0 unspecified atom stereocenters. The van der Waals surface area contributed by atoms with Crippen molar-refractivity contribution in [2.75, 3.05) is 6.26 Å². The molecule has 0 saturated heterocycles. The van der Waals surface area contributed by atoms with Gasteiger partial charge >= 0.3 is 0 Å². The van der Waals surface area contributed by atoms with Crippen LogP contribution in [0.3, 0.4) is 0 Å². The molecule has 0 aromatic carbocycles. The van der Waals surface area contributed by atoms with Crippen LogP contribution >= 0.6 is 11.8 Å². The molecule has 0 saturated carbocycles. The Morgan fingerprint density at radius 3 is 2.92 bits per heavy atom. The van der Waals surface area contributed by atoms with Gasteiger partial charge in [0.15, 0.2) is 5.65 Å². The van der Waals surface area contributed by atoms with Gasteiger partial charge in [0.25, 0.3) is 0 Å². The molecule has 1 N–H and O–H groups in total. The second-order valence-corrected chi connectivity index (χ2v) is 3.50. The number of rotatable bonds is 1. The van der Waals surface area contributed by atoms with Gasteiger partial charge in [-0.25, -0.2) is 9.50 Å². The minimum atomic E-state index is 0.227. The van der Waals surface area contributed by atoms with Crippen LogP contribution in [0.5, 0.6) is 5.75 Å². The number of hydrogen-bond donors (Lipinski definition) is 1. The lowest BCUT2D eigenvalue weighted by atomic mass is 10.3. The van der Waals surface area contributed by atoms with Crippen molar-refractivity contribution >= 4 is 17.4 Å². The van der Waals surface area contributed by atoms with Crippen molar-refractivity contribution in [2.45, 2.75) is 12.1 Å². The third kappa shape index (κ3) is 1.35. The molecule has 2 aromatic heterocycles. The first kappa shape index (κ1) is 8.37. The average Bonchev–Trinajstić information content (AvgIpc) is 2.47. The van der Waals surface area contributed by atoms with Gasteiger partial charge in [0.05, 0.1) is 0 Å². The molecule has 0 spiro atoms. The van der Waals surface area contributed by atoms with E-state index >= 15 is 0 Å². The van der Waals surface area contributed by atoms with Gasteiger partial charge in [0.1, 0.15) is 5.75 Å². The second kappa shape index (κ2) is 2.92. The lowest BCUT2D eigenvalue weighted by Crippen LogP contribution is -1.92. The predicted octanol–water partition coefficient (Wildman–Crippen LogP) is 1.47. The van der Waals surface area contributed by atoms with Crippen LogP contribution in [0.25, 0.3) is 5.65 Å². The molecule has 0 aliphatic carbocycles. The van der Waals surface area contributed by atoms with E-state index in [0.717, 1.165) is 5.69 Å². The lowest BCUT2D eigenvalue weighted by molar-refractivity contribution is 0.474. The fourth-order valence-electron chi connectivity index (χ4n) is 1.19. The first-order valence-electron chi connectivity index (χ1n) is 3.81. The van der Waals surface area contributed by atoms with Crippen molar-refractivity contribution in [1.82, 2.24) is 14.6 Å². The lowest BCUT2D eigenvalue weighted by Gasteiger charge is -1.97. The van der Waals surface area contributed by atoms with Crippen LogP contribution in [0.4, 0.5) is 0 Å². The summed E-state index contributed by atoms with van der Waals surface area (Å²) >= 11 is 1.48. The van der Waals surface area contributed by atoms with Crippen molar-refractivity contribution in [2.24, 2.45) is 0 Å². The van der Waals surface area contributed by atoms with E-state index in [4.69, 9.17) is 0 Å². The topological polar surface area (TPSA) is 50.4 Å². The van der Waals surface area contributed by atoms with E-state index in [2.05, 4.69) is 10.1 Å². The first-order valence-corrected chi connectivity index (χ1v) is 5.03. The van der Waals surface area contributed by atoms with Gasteiger partial charge in [0, 0.05) is 17.8 Å². The maximum absolute atomic E-state index is 9.31. The molecule has 5 heteroatoms. The number of aromatic hydroxyl groups is 1. The number of fused-ring (bicyclic) bond motifs is 1. The van der Waals surface area contributed by atoms with Gasteiger partial charge in [0.2, 0.25) is 5.16 Å². The molecule has 0 aliphatic heterocycles. The van der Waals surface area contributed by atoms with Crippen LogP contribution in [0.2, 0.25) is 0 Å². The van der Waals surface area contributed by atoms with Crippen LogP contribution < -0.4 is 0 Å². The third-order valence-electron chi connectivity index (χ3n) is 1.76. The Bertz CT molecular complexity index is 452. The van der Waals surface area contributed by atoms with Crippen molar-refractivity contribution in [3.8, 4) is 5.75 Å². The molecule has 0 radical (unpaired) electrons. The summed E-state index contributed by atoms with van der Waals surface area (Å²) in [4.78, 5) is 4.21. The molecular weight excluding hydrogens is 186 g/mol. The summed E-state index contributed by atoms with van der Waals surface area (Å²) in [6, 6.07) is 3.26. The molecule has 2 rings (SSSR count). The zero-order valence-corrected chi connectivity index (χ0v) is 8.17. The van der Waals surface area contributed by atoms with Crippen LogP contribution in [-0.4, -0.2) is 26.0 Å². The van der Waals surface area contributed by atoms with E-state index in [1.54, 1.807) is 16.6 Å². The van der Waals surface area contributed by atoms with Gasteiger partial charge in [-0.05, 0) is 13.2 Å². The maximum atomic E-state index is 9.31. The molecule has 0 fully saturated rings. The predicted molar refractivity (Wildman–Crippen MR) is 51.2 cm³/mol. The molecule has 2 aromatic rings. The summed E-state index contributed by atoms with van der Waals surface area (Å²) in [5, 5.41) is 14.3. The molecule has 0 bridgehead atoms. The van der Waals surface area contributed by atoms with Crippen molar-refractivity contribution < 1.29 is 5.11 Å². The Hall–Kier alpha value is -1.23. The van der Waals surface area contributed by atoms with Crippen molar-refractivity contribution in [3.63, 3.8) is 0 Å². The van der Waals surface area contributed by atoms with Gasteiger partial charge in [-0.15, -0.1) is 5.10 Å². The minimum Gasteiger partial charge on any atom is -0.508 e. The number of thioether (sulfide) groups is 1. The average molecular weight is 195 g/mol. The Morgan fingerprint density at radius 1 is 1.46 bits per heavy atom. The molecule has 4 nitrogen and oxygen atoms in total. The maximum Gasteiger partial charge on any atom is 0.209 e. The van der Waals surface area contributed by atoms with Crippen LogP contribution in [0, 0.1) is 6.92 Å². The van der Waals surface area contributed by atoms with Gasteiger partial charge in [-0.3, -0.25) is 0 Å². The van der Waals surface area contributed by atoms with Crippen LogP contribution in [-0.2, 0) is 0 Å². The minimum absolute atomic E-state index is 0.227. The smallest absolute Gasteiger partial charge is 0.209 e. The van der Waals surface area contributed by atoms with E-state index in [1.165, 1.54) is 11.8 Å². The standard InChI is InChI=1S/C8H9N3OS/c1-5-3-6(12)4-7-9-8(13-2)10-11(5)7/h3-4,12H,1-2H3. The Balaban J connectivity index is 2.75. The first-order chi connectivity index (χ1) is 6.20. The molecular formula is C8H9N3OS. The molecule has 0 atom stereocenters. The van der Waals surface area contributed by atoms with Gasteiger partial charge in [-0.1, -0.05) is 11.8 Å². The summed E-state index contributed by atoms with van der Waals surface area (Å²) in [6.45, 7) is 1.88. The second-order valence-electron chi connectivity index (χ2n) is 2.72. The summed E-state index contributed by atoms with van der Waals surface area (Å²) in [5.41, 5.74) is 1.56. The largest absolute Gasteiger partial charge is 0.508 e. The van der Waals surface area contributed by atoms with E-state index in [0.29, 0.717) is 10.8 Å². The number of hydrogen-bond acceptors (Lipinski definition) is 4. The highest BCUT2D eigenvalue weighted by atomic mass is 32.2. The van der Waals surface area contributed by atoms with Gasteiger partial charge in [-0.2, -0.15) is 0 Å². The number of aryl methyl sites for hydroxylation is 1. The van der Waals surface area contributed by atoms with E-state index < -0.39 is 0 Å². The quantitative estimate of drug-likeness (QED) is 0.700. The van der Waals surface area contributed by atoms with Crippen molar-refractivity contribution in [3.05, 3.63) is 17.8 Å². The third-order valence-corrected chi connectivity index (χ3v) is 2.30. The Labute approximate surface area is 79.6 Å². The molecule has 0 amide bonds. The summed E-state index contributed by atoms with van der Waals surface area (Å²) in [6.07, 6.45) is 1.92. The Morgan fingerprint density at radius 2 is 2.23 bits per heavy atom. The Kier molecular flexibility index (Phi) is 1.88. The van der Waals surface area contributed by atoms with Crippen LogP contribution in [0.15, 0.2) is 17.3 Å². The highest BCUT2D eigenvalue weighted by Gasteiger charge is 2.05. The fraction of sp³-hybridized carbons (Fsp3) is 0.250. The molecule has 2 heterocycles. The molecule has 0 aliphatic rings. The molecule has 13 heavy (non-hydrogen) atoms. The van der Waals surface area contributed by atoms with E-state index in [1.807, 2.05) is 13.2 Å². The van der Waals surface area contributed by atoms with Crippen LogP contribution in [0.1, 0.15) is 5.69 Å². The zero-order chi connectivity index (χ0) is 9.42. The monoisotopic (exact) mass is 195 g/mol. The molecule has 68 valence electrons.